The second-order valence-corrected chi connectivity index (χ2v) is 8.21. The monoisotopic (exact) mass is 347 g/mol. The lowest BCUT2D eigenvalue weighted by atomic mass is 9.92. The summed E-state index contributed by atoms with van der Waals surface area (Å²) in [7, 11) is 3.92. The van der Waals surface area contributed by atoms with Crippen molar-refractivity contribution in [3.63, 3.8) is 0 Å². The van der Waals surface area contributed by atoms with E-state index in [4.69, 9.17) is 0 Å². The molecule has 1 saturated heterocycles. The predicted molar refractivity (Wildman–Crippen MR) is 103 cm³/mol. The Bertz CT molecular complexity index is 559. The maximum absolute atomic E-state index is 12.4. The molecule has 2 heterocycles. The summed E-state index contributed by atoms with van der Waals surface area (Å²) in [6.45, 7) is 12.0. The molecule has 6 heteroatoms. The molecular weight excluding hydrogens is 314 g/mol. The highest BCUT2D eigenvalue weighted by atomic mass is 16.2. The van der Waals surface area contributed by atoms with Crippen LogP contribution in [-0.4, -0.2) is 67.6 Å². The molecule has 0 radical (unpaired) electrons. The van der Waals surface area contributed by atoms with E-state index in [1.807, 2.05) is 36.0 Å². The molecule has 0 aliphatic carbocycles. The van der Waals surface area contributed by atoms with Crippen molar-refractivity contribution in [2.75, 3.05) is 51.7 Å². The number of rotatable bonds is 5. The molecule has 1 aliphatic rings. The van der Waals surface area contributed by atoms with Crippen molar-refractivity contribution in [1.82, 2.24) is 20.1 Å². The van der Waals surface area contributed by atoms with Crippen LogP contribution < -0.4 is 10.2 Å². The largest absolute Gasteiger partial charge is 0.363 e. The topological polar surface area (TPSA) is 51.7 Å². The fourth-order valence-electron chi connectivity index (χ4n) is 2.77. The third kappa shape index (κ3) is 6.53. The molecule has 1 aromatic heterocycles. The Hall–Kier alpha value is -1.82. The van der Waals surface area contributed by atoms with E-state index in [9.17, 15) is 4.79 Å². The van der Waals surface area contributed by atoms with E-state index in [0.29, 0.717) is 12.0 Å². The maximum atomic E-state index is 12.4. The van der Waals surface area contributed by atoms with Gasteiger partial charge in [-0.25, -0.2) is 9.78 Å². The van der Waals surface area contributed by atoms with Crippen LogP contribution in [0.4, 0.5) is 10.6 Å². The van der Waals surface area contributed by atoms with Crippen LogP contribution in [0, 0.1) is 5.41 Å². The first-order chi connectivity index (χ1) is 11.7. The van der Waals surface area contributed by atoms with Gasteiger partial charge in [0.2, 0.25) is 0 Å². The lowest BCUT2D eigenvalue weighted by molar-refractivity contribution is 0.129. The summed E-state index contributed by atoms with van der Waals surface area (Å²) in [4.78, 5) is 23.0. The van der Waals surface area contributed by atoms with Gasteiger partial charge in [-0.05, 0) is 36.1 Å². The number of anilines is 1. The molecule has 0 saturated carbocycles. The molecule has 1 N–H and O–H groups in total. The Labute approximate surface area is 152 Å². The van der Waals surface area contributed by atoms with E-state index in [2.05, 4.69) is 36.0 Å². The molecule has 1 fully saturated rings. The minimum absolute atomic E-state index is 0.0266. The normalized spacial score (nSPS) is 16.0. The second kappa shape index (κ2) is 8.52. The number of hydrogen-bond acceptors (Lipinski definition) is 4. The van der Waals surface area contributed by atoms with E-state index in [0.717, 1.165) is 44.1 Å². The number of nitrogens with one attached hydrogen (secondary N) is 1. The summed E-state index contributed by atoms with van der Waals surface area (Å²) < 4.78 is 0. The number of carbonyl (C=O) groups excluding carboxylic acids is 1. The number of urea groups is 1. The van der Waals surface area contributed by atoms with Gasteiger partial charge in [-0.1, -0.05) is 20.8 Å². The smallest absolute Gasteiger partial charge is 0.317 e. The van der Waals surface area contributed by atoms with Crippen molar-refractivity contribution in [3.05, 3.63) is 23.9 Å². The molecule has 0 atom stereocenters. The quantitative estimate of drug-likeness (QED) is 0.889. The van der Waals surface area contributed by atoms with Crippen LogP contribution in [0.15, 0.2) is 18.3 Å². The van der Waals surface area contributed by atoms with Crippen molar-refractivity contribution >= 4 is 11.8 Å². The van der Waals surface area contributed by atoms with Crippen LogP contribution in [-0.2, 0) is 6.54 Å². The first-order valence-electron chi connectivity index (χ1n) is 9.12. The third-order valence-corrected chi connectivity index (χ3v) is 4.55. The molecule has 0 bridgehead atoms. The van der Waals surface area contributed by atoms with Crippen molar-refractivity contribution < 1.29 is 4.79 Å². The zero-order valence-electron chi connectivity index (χ0n) is 16.4. The molecule has 0 spiro atoms. The van der Waals surface area contributed by atoms with Gasteiger partial charge in [0.05, 0.1) is 0 Å². The van der Waals surface area contributed by atoms with Gasteiger partial charge in [0.25, 0.3) is 0 Å². The molecule has 6 nitrogen and oxygen atoms in total. The van der Waals surface area contributed by atoms with E-state index in [1.165, 1.54) is 6.42 Å². The average molecular weight is 348 g/mol. The molecule has 0 unspecified atom stereocenters. The molecule has 1 aromatic rings. The van der Waals surface area contributed by atoms with Crippen LogP contribution in [0.1, 0.15) is 32.8 Å². The number of amides is 2. The highest BCUT2D eigenvalue weighted by molar-refractivity contribution is 5.74. The Morgan fingerprint density at radius 2 is 1.92 bits per heavy atom. The van der Waals surface area contributed by atoms with E-state index >= 15 is 0 Å². The Kier molecular flexibility index (Phi) is 6.64. The summed E-state index contributed by atoms with van der Waals surface area (Å²) in [5.74, 6) is 0.902. The van der Waals surface area contributed by atoms with Crippen LogP contribution in [0.2, 0.25) is 0 Å². The third-order valence-electron chi connectivity index (χ3n) is 4.55. The fraction of sp³-hybridized carbons (Fsp3) is 0.684. The lowest BCUT2D eigenvalue weighted by Gasteiger charge is -2.35. The van der Waals surface area contributed by atoms with E-state index in [-0.39, 0.29) is 6.03 Å². The van der Waals surface area contributed by atoms with Crippen LogP contribution in [0.5, 0.6) is 0 Å². The highest BCUT2D eigenvalue weighted by Gasteiger charge is 2.22. The van der Waals surface area contributed by atoms with Gasteiger partial charge >= 0.3 is 6.03 Å². The van der Waals surface area contributed by atoms with Crippen molar-refractivity contribution in [3.8, 4) is 0 Å². The molecule has 140 valence electrons. The number of hydrogen-bond donors (Lipinski definition) is 1. The summed E-state index contributed by atoms with van der Waals surface area (Å²) >= 11 is 0. The van der Waals surface area contributed by atoms with Gasteiger partial charge in [-0.3, -0.25) is 4.90 Å². The standard InChI is InChI=1S/C19H33N5O/c1-19(2,3)7-9-23-10-12-24(13-11-23)18(25)21-15-16-6-8-20-17(14-16)22(4)5/h6,8,14H,7,9-13,15H2,1-5H3,(H,21,25). The zero-order valence-corrected chi connectivity index (χ0v) is 16.4. The van der Waals surface area contributed by atoms with Crippen molar-refractivity contribution in [2.45, 2.75) is 33.7 Å². The molecule has 2 rings (SSSR count). The SMILES string of the molecule is CN(C)c1cc(CNC(=O)N2CCN(CCC(C)(C)C)CC2)ccn1. The van der Waals surface area contributed by atoms with Gasteiger partial charge in [0.1, 0.15) is 5.82 Å². The molecule has 2 amide bonds. The van der Waals surface area contributed by atoms with E-state index in [1.54, 1.807) is 6.20 Å². The van der Waals surface area contributed by atoms with Gasteiger partial charge < -0.3 is 15.1 Å². The van der Waals surface area contributed by atoms with Crippen molar-refractivity contribution in [1.29, 1.82) is 0 Å². The molecule has 25 heavy (non-hydrogen) atoms. The molecular formula is C19H33N5O. The van der Waals surface area contributed by atoms with Crippen LogP contribution in [0.3, 0.4) is 0 Å². The summed E-state index contributed by atoms with van der Waals surface area (Å²) in [6, 6.07) is 3.97. The Morgan fingerprint density at radius 3 is 2.52 bits per heavy atom. The van der Waals surface area contributed by atoms with Gasteiger partial charge in [0.15, 0.2) is 0 Å². The fourth-order valence-corrected chi connectivity index (χ4v) is 2.77. The van der Waals surface area contributed by atoms with E-state index < -0.39 is 0 Å². The molecule has 1 aliphatic heterocycles. The summed E-state index contributed by atoms with van der Waals surface area (Å²) in [5, 5.41) is 3.03. The second-order valence-electron chi connectivity index (χ2n) is 8.21. The maximum Gasteiger partial charge on any atom is 0.317 e. The highest BCUT2D eigenvalue weighted by Crippen LogP contribution is 2.19. The Morgan fingerprint density at radius 1 is 1.24 bits per heavy atom. The number of piperazine rings is 1. The minimum Gasteiger partial charge on any atom is -0.363 e. The van der Waals surface area contributed by atoms with Gasteiger partial charge in [-0.2, -0.15) is 0 Å². The summed E-state index contributed by atoms with van der Waals surface area (Å²) in [5.41, 5.74) is 1.43. The van der Waals surface area contributed by atoms with Crippen molar-refractivity contribution in [2.24, 2.45) is 5.41 Å². The number of carbonyl (C=O) groups is 1. The summed E-state index contributed by atoms with van der Waals surface area (Å²) in [6.07, 6.45) is 2.97. The lowest BCUT2D eigenvalue weighted by Crippen LogP contribution is -2.51. The minimum atomic E-state index is 0.0266. The van der Waals surface area contributed by atoms with Gasteiger partial charge in [-0.15, -0.1) is 0 Å². The number of pyridine rings is 1. The van der Waals surface area contributed by atoms with Crippen LogP contribution in [0.25, 0.3) is 0 Å². The number of aromatic nitrogens is 1. The van der Waals surface area contributed by atoms with Crippen LogP contribution >= 0.6 is 0 Å². The zero-order chi connectivity index (χ0) is 18.4. The first-order valence-corrected chi connectivity index (χ1v) is 9.12. The van der Waals surface area contributed by atoms with Gasteiger partial charge in [0, 0.05) is 53.0 Å². The first kappa shape index (κ1) is 19.5. The Balaban J connectivity index is 1.74. The predicted octanol–water partition coefficient (Wildman–Crippen LogP) is 2.41. The average Bonchev–Trinajstić information content (AvgIpc) is 2.58. The number of nitrogens with zero attached hydrogens (tertiary/aromatic N) is 4. The molecule has 0 aromatic carbocycles.